The topological polar surface area (TPSA) is 49.3 Å². The van der Waals surface area contributed by atoms with Crippen molar-refractivity contribution in [3.8, 4) is 0 Å². The van der Waals surface area contributed by atoms with Crippen molar-refractivity contribution in [3.63, 3.8) is 0 Å². The number of hydrogen-bond acceptors (Lipinski definition) is 2. The summed E-state index contributed by atoms with van der Waals surface area (Å²) >= 11 is 0. The van der Waals surface area contributed by atoms with Gasteiger partial charge in [0.05, 0.1) is 0 Å². The lowest BCUT2D eigenvalue weighted by Crippen LogP contribution is -2.20. The molecule has 0 bridgehead atoms. The molecule has 2 N–H and O–H groups in total. The van der Waals surface area contributed by atoms with E-state index >= 15 is 0 Å². The number of aliphatic hydroxyl groups excluding tert-OH is 1. The second-order valence-corrected chi connectivity index (χ2v) is 4.48. The second-order valence-electron chi connectivity index (χ2n) is 4.48. The zero-order valence-electron chi connectivity index (χ0n) is 11.1. The lowest BCUT2D eigenvalue weighted by atomic mass is 9.96. The van der Waals surface area contributed by atoms with Gasteiger partial charge in [-0.05, 0) is 24.1 Å². The van der Waals surface area contributed by atoms with Gasteiger partial charge in [0.25, 0.3) is 5.91 Å². The maximum atomic E-state index is 11.8. The average Bonchev–Trinajstić information content (AvgIpc) is 2.46. The van der Waals surface area contributed by atoms with E-state index < -0.39 is 6.10 Å². The van der Waals surface area contributed by atoms with Crippen LogP contribution in [0.4, 0.5) is 0 Å². The van der Waals surface area contributed by atoms with Gasteiger partial charge in [-0.1, -0.05) is 48.0 Å². The van der Waals surface area contributed by atoms with Crippen molar-refractivity contribution in [1.29, 1.82) is 0 Å². The van der Waals surface area contributed by atoms with E-state index in [0.29, 0.717) is 11.1 Å². The van der Waals surface area contributed by atoms with Crippen molar-refractivity contribution in [2.45, 2.75) is 13.0 Å². The molecule has 1 amide bonds. The zero-order valence-corrected chi connectivity index (χ0v) is 11.1. The van der Waals surface area contributed by atoms with E-state index in [-0.39, 0.29) is 5.91 Å². The molecule has 0 fully saturated rings. The van der Waals surface area contributed by atoms with E-state index in [0.717, 1.165) is 11.1 Å². The lowest BCUT2D eigenvalue weighted by Gasteiger charge is -2.15. The van der Waals surface area contributed by atoms with Crippen LogP contribution >= 0.6 is 0 Å². The fourth-order valence-corrected chi connectivity index (χ4v) is 2.01. The van der Waals surface area contributed by atoms with Gasteiger partial charge in [-0.25, -0.2) is 0 Å². The van der Waals surface area contributed by atoms with Crippen molar-refractivity contribution in [1.82, 2.24) is 5.32 Å². The van der Waals surface area contributed by atoms with Crippen molar-refractivity contribution in [2.75, 3.05) is 7.05 Å². The van der Waals surface area contributed by atoms with Crippen molar-refractivity contribution in [3.05, 3.63) is 70.8 Å². The molecule has 98 valence electrons. The summed E-state index contributed by atoms with van der Waals surface area (Å²) in [6.45, 7) is 1.99. The normalized spacial score (nSPS) is 11.9. The molecule has 0 aromatic heterocycles. The van der Waals surface area contributed by atoms with Gasteiger partial charge in [0.2, 0.25) is 0 Å². The van der Waals surface area contributed by atoms with Crippen LogP contribution in [0.2, 0.25) is 0 Å². The molecule has 0 saturated heterocycles. The molecule has 2 aromatic rings. The third-order valence-corrected chi connectivity index (χ3v) is 3.12. The van der Waals surface area contributed by atoms with Gasteiger partial charge in [0.15, 0.2) is 0 Å². The highest BCUT2D eigenvalue weighted by molar-refractivity contribution is 5.95. The van der Waals surface area contributed by atoms with Gasteiger partial charge in [-0.3, -0.25) is 4.79 Å². The van der Waals surface area contributed by atoms with Crippen LogP contribution in [0.3, 0.4) is 0 Å². The molecule has 0 aliphatic carbocycles. The molecule has 2 rings (SSSR count). The minimum absolute atomic E-state index is 0.193. The molecule has 0 spiro atoms. The number of rotatable bonds is 3. The van der Waals surface area contributed by atoms with Crippen molar-refractivity contribution in [2.24, 2.45) is 0 Å². The molecule has 0 aliphatic heterocycles. The van der Waals surface area contributed by atoms with Crippen LogP contribution < -0.4 is 5.32 Å². The molecule has 0 heterocycles. The highest BCUT2D eigenvalue weighted by atomic mass is 16.3. The van der Waals surface area contributed by atoms with Gasteiger partial charge in [0.1, 0.15) is 6.10 Å². The molecule has 1 atom stereocenters. The van der Waals surface area contributed by atoms with Gasteiger partial charge in [-0.2, -0.15) is 0 Å². The van der Waals surface area contributed by atoms with Crippen LogP contribution in [0.1, 0.15) is 33.2 Å². The quantitative estimate of drug-likeness (QED) is 0.885. The molecule has 0 saturated carbocycles. The van der Waals surface area contributed by atoms with Gasteiger partial charge in [-0.15, -0.1) is 0 Å². The minimum atomic E-state index is -0.797. The maximum absolute atomic E-state index is 11.8. The number of amides is 1. The van der Waals surface area contributed by atoms with E-state index in [9.17, 15) is 9.90 Å². The third-order valence-electron chi connectivity index (χ3n) is 3.12. The number of hydrogen-bond donors (Lipinski definition) is 2. The summed E-state index contributed by atoms with van der Waals surface area (Å²) in [7, 11) is 1.58. The van der Waals surface area contributed by atoms with E-state index in [2.05, 4.69) is 5.32 Å². The fraction of sp³-hybridized carbons (Fsp3) is 0.188. The number of carbonyl (C=O) groups excluding carboxylic acids is 1. The van der Waals surface area contributed by atoms with E-state index in [1.54, 1.807) is 25.2 Å². The molecule has 19 heavy (non-hydrogen) atoms. The highest BCUT2D eigenvalue weighted by Crippen LogP contribution is 2.25. The predicted octanol–water partition coefficient (Wildman–Crippen LogP) is 2.44. The Labute approximate surface area is 112 Å². The Morgan fingerprint density at radius 3 is 2.37 bits per heavy atom. The number of carbonyl (C=O) groups is 1. The predicted molar refractivity (Wildman–Crippen MR) is 75.1 cm³/mol. The van der Waals surface area contributed by atoms with E-state index in [1.807, 2.05) is 37.3 Å². The molecule has 0 radical (unpaired) electrons. The smallest absolute Gasteiger partial charge is 0.251 e. The second kappa shape index (κ2) is 5.67. The number of nitrogens with one attached hydrogen (secondary N) is 1. The van der Waals surface area contributed by atoms with Crippen molar-refractivity contribution >= 4 is 5.91 Å². The first-order chi connectivity index (χ1) is 9.13. The Balaban J connectivity index is 2.41. The van der Waals surface area contributed by atoms with Crippen molar-refractivity contribution < 1.29 is 9.90 Å². The Morgan fingerprint density at radius 1 is 1.11 bits per heavy atom. The molecular formula is C16H17NO2. The fourth-order valence-electron chi connectivity index (χ4n) is 2.01. The Hall–Kier alpha value is -2.13. The van der Waals surface area contributed by atoms with Gasteiger partial charge >= 0.3 is 0 Å². The highest BCUT2D eigenvalue weighted by Gasteiger charge is 2.17. The van der Waals surface area contributed by atoms with E-state index in [4.69, 9.17) is 0 Å². The standard InChI is InChI=1S/C16H17NO2/c1-11-7-9-12(10-8-11)15(18)13-5-3-4-6-14(13)16(19)17-2/h3-10,15,18H,1-2H3,(H,17,19). The van der Waals surface area contributed by atoms with Gasteiger partial charge < -0.3 is 10.4 Å². The summed E-state index contributed by atoms with van der Waals surface area (Å²) in [5, 5.41) is 13.0. The minimum Gasteiger partial charge on any atom is -0.384 e. The molecule has 1 unspecified atom stereocenters. The van der Waals surface area contributed by atoms with Gasteiger partial charge in [0, 0.05) is 12.6 Å². The third kappa shape index (κ3) is 2.83. The largest absolute Gasteiger partial charge is 0.384 e. The first-order valence-corrected chi connectivity index (χ1v) is 6.19. The Morgan fingerprint density at radius 2 is 1.74 bits per heavy atom. The molecule has 2 aromatic carbocycles. The van der Waals surface area contributed by atoms with Crippen LogP contribution in [0.5, 0.6) is 0 Å². The number of aryl methyl sites for hydroxylation is 1. The zero-order chi connectivity index (χ0) is 13.8. The summed E-state index contributed by atoms with van der Waals surface area (Å²) in [6.07, 6.45) is -0.797. The van der Waals surface area contributed by atoms with Crippen LogP contribution in [-0.4, -0.2) is 18.1 Å². The summed E-state index contributed by atoms with van der Waals surface area (Å²) < 4.78 is 0. The molecule has 3 heteroatoms. The maximum Gasteiger partial charge on any atom is 0.251 e. The molecule has 3 nitrogen and oxygen atoms in total. The molecular weight excluding hydrogens is 238 g/mol. The van der Waals surface area contributed by atoms with Crippen LogP contribution in [0.25, 0.3) is 0 Å². The van der Waals surface area contributed by atoms with Crippen LogP contribution in [0, 0.1) is 6.92 Å². The summed E-state index contributed by atoms with van der Waals surface area (Å²) in [4.78, 5) is 11.8. The first-order valence-electron chi connectivity index (χ1n) is 6.19. The summed E-state index contributed by atoms with van der Waals surface area (Å²) in [6, 6.07) is 14.7. The lowest BCUT2D eigenvalue weighted by molar-refractivity contribution is 0.0958. The number of aliphatic hydroxyl groups is 1. The number of benzene rings is 2. The average molecular weight is 255 g/mol. The van der Waals surface area contributed by atoms with Crippen LogP contribution in [0.15, 0.2) is 48.5 Å². The monoisotopic (exact) mass is 255 g/mol. The Kier molecular flexibility index (Phi) is 3.97. The van der Waals surface area contributed by atoms with Crippen LogP contribution in [-0.2, 0) is 0 Å². The summed E-state index contributed by atoms with van der Waals surface area (Å²) in [5.41, 5.74) is 3.03. The SMILES string of the molecule is CNC(=O)c1ccccc1C(O)c1ccc(C)cc1. The van der Waals surface area contributed by atoms with E-state index in [1.165, 1.54) is 0 Å². The molecule has 0 aliphatic rings. The first kappa shape index (κ1) is 13.3. The summed E-state index contributed by atoms with van der Waals surface area (Å²) in [5.74, 6) is -0.193. The Bertz CT molecular complexity index is 576.